The Labute approximate surface area is 134 Å². The van der Waals surface area contributed by atoms with Crippen LogP contribution in [-0.2, 0) is 14.4 Å². The lowest BCUT2D eigenvalue weighted by Crippen LogP contribution is -2.33. The van der Waals surface area contributed by atoms with Gasteiger partial charge in [0.25, 0.3) is 0 Å². The quantitative estimate of drug-likeness (QED) is 0.732. The van der Waals surface area contributed by atoms with Gasteiger partial charge in [-0.05, 0) is 30.7 Å². The maximum absolute atomic E-state index is 12.1. The molecule has 0 radical (unpaired) electrons. The molecule has 23 heavy (non-hydrogen) atoms. The lowest BCUT2D eigenvalue weighted by atomic mass is 10.1. The van der Waals surface area contributed by atoms with E-state index in [0.717, 1.165) is 5.69 Å². The monoisotopic (exact) mass is 320 g/mol. The number of rotatable bonds is 7. The van der Waals surface area contributed by atoms with Gasteiger partial charge in [0.05, 0.1) is 13.0 Å². The van der Waals surface area contributed by atoms with E-state index in [4.69, 9.17) is 9.84 Å². The van der Waals surface area contributed by atoms with E-state index in [1.54, 1.807) is 36.3 Å². The summed E-state index contributed by atoms with van der Waals surface area (Å²) < 4.78 is 5.08. The third-order valence-corrected chi connectivity index (χ3v) is 3.75. The number of carbonyl (C=O) groups excluding carboxylic acids is 2. The summed E-state index contributed by atoms with van der Waals surface area (Å²) in [6.45, 7) is 0.633. The molecule has 1 atom stereocenters. The number of nitrogens with zero attached hydrogens (tertiary/aromatic N) is 1. The summed E-state index contributed by atoms with van der Waals surface area (Å²) in [6, 6.07) is 7.09. The van der Waals surface area contributed by atoms with Crippen molar-refractivity contribution >= 4 is 23.5 Å². The first-order valence-electron chi connectivity index (χ1n) is 7.45. The summed E-state index contributed by atoms with van der Waals surface area (Å²) >= 11 is 0. The highest BCUT2D eigenvalue weighted by Crippen LogP contribution is 2.26. The van der Waals surface area contributed by atoms with Crippen molar-refractivity contribution in [2.45, 2.75) is 19.3 Å². The predicted molar refractivity (Wildman–Crippen MR) is 83.3 cm³/mol. The average Bonchev–Trinajstić information content (AvgIpc) is 2.93. The number of hydrogen-bond acceptors (Lipinski definition) is 4. The van der Waals surface area contributed by atoms with Crippen LogP contribution < -0.4 is 15.0 Å². The fourth-order valence-electron chi connectivity index (χ4n) is 2.49. The number of anilines is 1. The fourth-order valence-corrected chi connectivity index (χ4v) is 2.49. The smallest absolute Gasteiger partial charge is 0.303 e. The maximum Gasteiger partial charge on any atom is 0.303 e. The zero-order valence-electron chi connectivity index (χ0n) is 12.9. The second-order valence-corrected chi connectivity index (χ2v) is 5.39. The standard InChI is InChI=1S/C16H20N2O5/c1-23-13-6-4-12(5-7-13)18-10-11(9-14(18)19)16(22)17-8-2-3-15(20)21/h4-7,11H,2-3,8-10H2,1H3,(H,17,22)(H,20,21). The number of carbonyl (C=O) groups is 3. The van der Waals surface area contributed by atoms with Crippen LogP contribution in [0.15, 0.2) is 24.3 Å². The largest absolute Gasteiger partial charge is 0.497 e. The molecule has 2 rings (SSSR count). The first-order valence-corrected chi connectivity index (χ1v) is 7.45. The molecular formula is C16H20N2O5. The highest BCUT2D eigenvalue weighted by Gasteiger charge is 2.34. The molecule has 1 fully saturated rings. The second kappa shape index (κ2) is 7.62. The van der Waals surface area contributed by atoms with Crippen molar-refractivity contribution in [2.24, 2.45) is 5.92 Å². The summed E-state index contributed by atoms with van der Waals surface area (Å²) in [6.07, 6.45) is 0.558. The number of amides is 2. The minimum atomic E-state index is -0.888. The lowest BCUT2D eigenvalue weighted by Gasteiger charge is -2.17. The van der Waals surface area contributed by atoms with Crippen molar-refractivity contribution in [3.8, 4) is 5.75 Å². The highest BCUT2D eigenvalue weighted by molar-refractivity contribution is 6.00. The maximum atomic E-state index is 12.1. The molecule has 0 aromatic heterocycles. The number of ether oxygens (including phenoxy) is 1. The Morgan fingerprint density at radius 2 is 2.04 bits per heavy atom. The van der Waals surface area contributed by atoms with Gasteiger partial charge in [-0.2, -0.15) is 0 Å². The molecule has 1 aliphatic rings. The van der Waals surface area contributed by atoms with Crippen LogP contribution in [0, 0.1) is 5.92 Å². The Morgan fingerprint density at radius 3 is 2.65 bits per heavy atom. The summed E-state index contributed by atoms with van der Waals surface area (Å²) in [5, 5.41) is 11.2. The molecule has 1 aliphatic heterocycles. The van der Waals surface area contributed by atoms with Gasteiger partial charge in [0, 0.05) is 31.6 Å². The molecule has 2 N–H and O–H groups in total. The zero-order valence-corrected chi connectivity index (χ0v) is 12.9. The van der Waals surface area contributed by atoms with Crippen molar-refractivity contribution in [3.05, 3.63) is 24.3 Å². The first-order chi connectivity index (χ1) is 11.0. The molecule has 1 aromatic rings. The molecule has 0 saturated carbocycles. The molecule has 2 amide bonds. The van der Waals surface area contributed by atoms with Crippen LogP contribution in [0.25, 0.3) is 0 Å². The minimum Gasteiger partial charge on any atom is -0.497 e. The van der Waals surface area contributed by atoms with Gasteiger partial charge in [-0.3, -0.25) is 14.4 Å². The van der Waals surface area contributed by atoms with Crippen LogP contribution in [0.2, 0.25) is 0 Å². The fraction of sp³-hybridized carbons (Fsp3) is 0.438. The van der Waals surface area contributed by atoms with Gasteiger partial charge in [0.2, 0.25) is 11.8 Å². The summed E-state index contributed by atoms with van der Waals surface area (Å²) in [4.78, 5) is 36.2. The molecule has 1 aromatic carbocycles. The van der Waals surface area contributed by atoms with E-state index in [1.807, 2.05) is 0 Å². The van der Waals surface area contributed by atoms with Crippen LogP contribution in [0.1, 0.15) is 19.3 Å². The van der Waals surface area contributed by atoms with E-state index in [9.17, 15) is 14.4 Å². The van der Waals surface area contributed by atoms with Gasteiger partial charge in [0.15, 0.2) is 0 Å². The predicted octanol–water partition coefficient (Wildman–Crippen LogP) is 1.03. The Morgan fingerprint density at radius 1 is 1.35 bits per heavy atom. The van der Waals surface area contributed by atoms with Crippen molar-refractivity contribution in [2.75, 3.05) is 25.1 Å². The molecule has 124 valence electrons. The average molecular weight is 320 g/mol. The van der Waals surface area contributed by atoms with Gasteiger partial charge < -0.3 is 20.1 Å². The molecule has 1 saturated heterocycles. The van der Waals surface area contributed by atoms with Crippen LogP contribution in [0.3, 0.4) is 0 Å². The topological polar surface area (TPSA) is 95.9 Å². The van der Waals surface area contributed by atoms with Crippen LogP contribution in [0.4, 0.5) is 5.69 Å². The van der Waals surface area contributed by atoms with Crippen LogP contribution in [0.5, 0.6) is 5.75 Å². The van der Waals surface area contributed by atoms with Crippen molar-refractivity contribution in [1.82, 2.24) is 5.32 Å². The molecule has 1 heterocycles. The van der Waals surface area contributed by atoms with Crippen molar-refractivity contribution in [1.29, 1.82) is 0 Å². The summed E-state index contributed by atoms with van der Waals surface area (Å²) in [5.41, 5.74) is 0.733. The Bertz CT molecular complexity index is 585. The number of carboxylic acids is 1. The van der Waals surface area contributed by atoms with Crippen LogP contribution >= 0.6 is 0 Å². The normalized spacial score (nSPS) is 17.2. The Kier molecular flexibility index (Phi) is 5.56. The van der Waals surface area contributed by atoms with Crippen molar-refractivity contribution < 1.29 is 24.2 Å². The Balaban J connectivity index is 1.88. The SMILES string of the molecule is COc1ccc(N2CC(C(=O)NCCCC(=O)O)CC2=O)cc1. The van der Waals surface area contributed by atoms with Crippen LogP contribution in [-0.4, -0.2) is 43.1 Å². The van der Waals surface area contributed by atoms with E-state index in [1.165, 1.54) is 0 Å². The minimum absolute atomic E-state index is 0.0157. The van der Waals surface area contributed by atoms with Gasteiger partial charge >= 0.3 is 5.97 Å². The third kappa shape index (κ3) is 4.45. The molecule has 7 nitrogen and oxygen atoms in total. The summed E-state index contributed by atoms with van der Waals surface area (Å²) in [7, 11) is 1.57. The number of nitrogens with one attached hydrogen (secondary N) is 1. The second-order valence-electron chi connectivity index (χ2n) is 5.39. The van der Waals surface area contributed by atoms with E-state index >= 15 is 0 Å². The molecule has 0 bridgehead atoms. The van der Waals surface area contributed by atoms with E-state index in [2.05, 4.69) is 5.32 Å². The third-order valence-electron chi connectivity index (χ3n) is 3.75. The van der Waals surface area contributed by atoms with Gasteiger partial charge in [-0.15, -0.1) is 0 Å². The number of carboxylic acid groups (broad SMARTS) is 1. The van der Waals surface area contributed by atoms with Gasteiger partial charge in [-0.25, -0.2) is 0 Å². The van der Waals surface area contributed by atoms with Gasteiger partial charge in [0.1, 0.15) is 5.75 Å². The van der Waals surface area contributed by atoms with Gasteiger partial charge in [-0.1, -0.05) is 0 Å². The molecule has 1 unspecified atom stereocenters. The lowest BCUT2D eigenvalue weighted by molar-refractivity contribution is -0.137. The van der Waals surface area contributed by atoms with E-state index in [0.29, 0.717) is 25.3 Å². The number of hydrogen-bond donors (Lipinski definition) is 2. The highest BCUT2D eigenvalue weighted by atomic mass is 16.5. The molecular weight excluding hydrogens is 300 g/mol. The Hall–Kier alpha value is -2.57. The molecule has 7 heteroatoms. The first kappa shape index (κ1) is 16.8. The number of aliphatic carboxylic acids is 1. The van der Waals surface area contributed by atoms with E-state index < -0.39 is 11.9 Å². The zero-order chi connectivity index (χ0) is 16.8. The number of benzene rings is 1. The number of methoxy groups -OCH3 is 1. The molecule has 0 aliphatic carbocycles. The summed E-state index contributed by atoms with van der Waals surface area (Å²) in [5.74, 6) is -0.899. The van der Waals surface area contributed by atoms with Crippen molar-refractivity contribution in [3.63, 3.8) is 0 Å². The molecule has 0 spiro atoms. The van der Waals surface area contributed by atoms with E-state index in [-0.39, 0.29) is 24.7 Å².